The van der Waals surface area contributed by atoms with Crippen molar-refractivity contribution in [3.8, 4) is 11.3 Å². The molecule has 0 aliphatic heterocycles. The van der Waals surface area contributed by atoms with Crippen LogP contribution in [0.5, 0.6) is 0 Å². The van der Waals surface area contributed by atoms with E-state index in [4.69, 9.17) is 9.72 Å². The number of carbonyl (C=O) groups excluding carboxylic acids is 2. The number of fused-ring (bicyclic) bond motifs is 4. The first-order valence-corrected chi connectivity index (χ1v) is 13.3. The molecule has 1 amide bonds. The monoisotopic (exact) mass is 532 g/mol. The van der Waals surface area contributed by atoms with Crippen molar-refractivity contribution in [3.05, 3.63) is 64.1 Å². The lowest BCUT2D eigenvalue weighted by atomic mass is 9.57. The number of ether oxygens (including phenoxy) is 1. The second kappa shape index (κ2) is 8.44. The van der Waals surface area contributed by atoms with Gasteiger partial charge in [0.05, 0.1) is 29.3 Å². The maximum atomic E-state index is 14.2. The Hall–Kier alpha value is -2.73. The van der Waals surface area contributed by atoms with E-state index in [0.29, 0.717) is 5.92 Å². The number of amides is 1. The fourth-order valence-electron chi connectivity index (χ4n) is 6.28. The molecule has 1 aromatic heterocycles. The second-order valence-corrected chi connectivity index (χ2v) is 11.5. The van der Waals surface area contributed by atoms with Gasteiger partial charge in [0, 0.05) is 21.0 Å². The molecule has 6 heteroatoms. The Bertz CT molecular complexity index is 1310. The first-order chi connectivity index (χ1) is 16.9. The summed E-state index contributed by atoms with van der Waals surface area (Å²) in [5.74, 6) is 0.247. The average molecular weight is 533 g/mol. The molecule has 0 atom stereocenters. The molecule has 7 rings (SSSR count). The summed E-state index contributed by atoms with van der Waals surface area (Å²) >= 11 is 3.61. The van der Waals surface area contributed by atoms with Crippen molar-refractivity contribution in [3.63, 3.8) is 0 Å². The Morgan fingerprint density at radius 3 is 2.31 bits per heavy atom. The minimum atomic E-state index is -0.366. The summed E-state index contributed by atoms with van der Waals surface area (Å²) in [6.45, 7) is 0. The molecule has 0 radical (unpaired) electrons. The van der Waals surface area contributed by atoms with E-state index in [0.717, 1.165) is 89.1 Å². The maximum Gasteiger partial charge on any atom is 0.311 e. The third-order valence-corrected chi connectivity index (χ3v) is 8.98. The Balaban J connectivity index is 1.43. The number of hydrogen-bond acceptors (Lipinski definition) is 4. The van der Waals surface area contributed by atoms with Crippen LogP contribution in [-0.4, -0.2) is 29.5 Å². The highest BCUT2D eigenvalue weighted by molar-refractivity contribution is 9.10. The number of methoxy groups -OCH3 is 1. The Morgan fingerprint density at radius 1 is 1.00 bits per heavy atom. The minimum Gasteiger partial charge on any atom is -0.469 e. The summed E-state index contributed by atoms with van der Waals surface area (Å²) in [6, 6.07) is 16.2. The number of pyridine rings is 1. The van der Waals surface area contributed by atoms with Crippen LogP contribution in [0.15, 0.2) is 53.0 Å². The van der Waals surface area contributed by atoms with E-state index in [2.05, 4.69) is 33.4 Å². The fraction of sp³-hybridized carbons (Fsp3) is 0.414. The highest BCUT2D eigenvalue weighted by atomic mass is 79.9. The summed E-state index contributed by atoms with van der Waals surface area (Å²) in [7, 11) is 1.48. The number of hydrogen-bond donors (Lipinski definition) is 1. The summed E-state index contributed by atoms with van der Waals surface area (Å²) in [4.78, 5) is 31.7. The molecule has 4 saturated carbocycles. The number of halogens is 1. The minimum absolute atomic E-state index is 0.0120. The van der Waals surface area contributed by atoms with Gasteiger partial charge in [-0.3, -0.25) is 9.59 Å². The number of rotatable bonds is 5. The molecule has 0 unspecified atom stereocenters. The lowest BCUT2D eigenvalue weighted by Crippen LogP contribution is -2.58. The summed E-state index contributed by atoms with van der Waals surface area (Å²) in [5, 5.41) is 4.38. The van der Waals surface area contributed by atoms with Gasteiger partial charge in [-0.15, -0.1) is 0 Å². The fourth-order valence-corrected chi connectivity index (χ4v) is 6.64. The molecule has 1 N–H and O–H groups in total. The maximum absolute atomic E-state index is 14.2. The number of nitrogens with one attached hydrogen (secondary N) is 1. The van der Waals surface area contributed by atoms with Crippen LogP contribution in [-0.2, 0) is 9.53 Å². The molecule has 5 nitrogen and oxygen atoms in total. The smallest absolute Gasteiger partial charge is 0.311 e. The lowest BCUT2D eigenvalue weighted by Gasteiger charge is -2.52. The zero-order chi connectivity index (χ0) is 24.2. The normalized spacial score (nSPS) is 25.4. The van der Waals surface area contributed by atoms with Gasteiger partial charge in [-0.05, 0) is 81.0 Å². The first-order valence-electron chi connectivity index (χ1n) is 12.5. The van der Waals surface area contributed by atoms with Crippen molar-refractivity contribution in [2.24, 2.45) is 5.41 Å². The Kier molecular flexibility index (Phi) is 5.48. The highest BCUT2D eigenvalue weighted by Crippen LogP contribution is 2.53. The van der Waals surface area contributed by atoms with Crippen LogP contribution in [0.2, 0.25) is 0 Å². The van der Waals surface area contributed by atoms with Crippen molar-refractivity contribution in [1.82, 2.24) is 10.3 Å². The van der Waals surface area contributed by atoms with Crippen LogP contribution in [0.4, 0.5) is 0 Å². The largest absolute Gasteiger partial charge is 0.469 e. The lowest BCUT2D eigenvalue weighted by molar-refractivity contribution is -0.160. The number of aromatic nitrogens is 1. The molecule has 4 aliphatic carbocycles. The third kappa shape index (κ3) is 3.86. The second-order valence-electron chi connectivity index (χ2n) is 10.6. The molecule has 2 aromatic carbocycles. The standard InChI is InChI=1S/C29H29BrN2O3/c1-35-27(34)28-11-14-29(15-12-28,16-13-28)32-26(33)24-21-17-20(30)9-10-22(21)31-25(23(24)18-7-8-18)19-5-3-2-4-6-19/h2-6,9-10,17-18H,7-8,11-16H2,1H3,(H,32,33). The molecular formula is C29H29BrN2O3. The van der Waals surface area contributed by atoms with Gasteiger partial charge in [0.25, 0.3) is 5.91 Å². The van der Waals surface area contributed by atoms with Gasteiger partial charge in [-0.1, -0.05) is 46.3 Å². The summed E-state index contributed by atoms with van der Waals surface area (Å²) in [6.07, 6.45) is 6.90. The molecule has 0 saturated heterocycles. The number of benzene rings is 2. The molecule has 2 bridgehead atoms. The Morgan fingerprint density at radius 2 is 1.69 bits per heavy atom. The zero-order valence-electron chi connectivity index (χ0n) is 19.9. The highest BCUT2D eigenvalue weighted by Gasteiger charge is 2.53. The number of nitrogens with zero attached hydrogens (tertiary/aromatic N) is 1. The molecule has 180 valence electrons. The molecule has 3 aromatic rings. The van der Waals surface area contributed by atoms with E-state index < -0.39 is 0 Å². The third-order valence-electron chi connectivity index (χ3n) is 8.49. The SMILES string of the molecule is COC(=O)C12CCC(NC(=O)c3c(C4CC4)c(-c4ccccc4)nc4ccc(Br)cc34)(CC1)CC2. The van der Waals surface area contributed by atoms with E-state index >= 15 is 0 Å². The average Bonchev–Trinajstić information content (AvgIpc) is 3.74. The van der Waals surface area contributed by atoms with Gasteiger partial charge in [0.2, 0.25) is 0 Å². The molecule has 1 heterocycles. The topological polar surface area (TPSA) is 68.3 Å². The van der Waals surface area contributed by atoms with E-state index in [-0.39, 0.29) is 22.8 Å². The van der Waals surface area contributed by atoms with Crippen molar-refractivity contribution in [2.45, 2.75) is 62.8 Å². The molecule has 4 aliphatic rings. The van der Waals surface area contributed by atoms with E-state index in [1.165, 1.54) is 7.11 Å². The van der Waals surface area contributed by atoms with E-state index in [1.54, 1.807) is 0 Å². The molecule has 35 heavy (non-hydrogen) atoms. The van der Waals surface area contributed by atoms with E-state index in [9.17, 15) is 9.59 Å². The van der Waals surface area contributed by atoms with Crippen molar-refractivity contribution >= 4 is 38.7 Å². The van der Waals surface area contributed by atoms with Gasteiger partial charge in [-0.2, -0.15) is 0 Å². The number of carbonyl (C=O) groups is 2. The number of esters is 1. The Labute approximate surface area is 213 Å². The molecule has 4 fully saturated rings. The quantitative estimate of drug-likeness (QED) is 0.379. The van der Waals surface area contributed by atoms with Crippen LogP contribution >= 0.6 is 15.9 Å². The molecule has 0 spiro atoms. The summed E-state index contributed by atoms with van der Waals surface area (Å²) in [5.41, 5.74) is 4.01. The van der Waals surface area contributed by atoms with Gasteiger partial charge >= 0.3 is 5.97 Å². The van der Waals surface area contributed by atoms with Crippen molar-refractivity contribution in [1.29, 1.82) is 0 Å². The van der Waals surface area contributed by atoms with Crippen LogP contribution in [0.25, 0.3) is 22.2 Å². The van der Waals surface area contributed by atoms with E-state index in [1.807, 2.05) is 36.4 Å². The predicted octanol–water partition coefficient (Wildman–Crippen LogP) is 6.54. The van der Waals surface area contributed by atoms with Crippen molar-refractivity contribution < 1.29 is 14.3 Å². The van der Waals surface area contributed by atoms with Crippen LogP contribution < -0.4 is 5.32 Å². The van der Waals surface area contributed by atoms with Gasteiger partial charge < -0.3 is 10.1 Å². The zero-order valence-corrected chi connectivity index (χ0v) is 21.5. The van der Waals surface area contributed by atoms with Gasteiger partial charge in [0.15, 0.2) is 0 Å². The molecular weight excluding hydrogens is 504 g/mol. The van der Waals surface area contributed by atoms with Crippen molar-refractivity contribution in [2.75, 3.05) is 7.11 Å². The van der Waals surface area contributed by atoms with Crippen LogP contribution in [0.3, 0.4) is 0 Å². The first kappa shape index (κ1) is 22.7. The van der Waals surface area contributed by atoms with Crippen LogP contribution in [0, 0.1) is 5.41 Å². The summed E-state index contributed by atoms with van der Waals surface area (Å²) < 4.78 is 6.05. The van der Waals surface area contributed by atoms with Gasteiger partial charge in [0.1, 0.15) is 0 Å². The van der Waals surface area contributed by atoms with Gasteiger partial charge in [-0.25, -0.2) is 4.98 Å². The van der Waals surface area contributed by atoms with Crippen LogP contribution in [0.1, 0.15) is 73.2 Å². The predicted molar refractivity (Wildman–Crippen MR) is 139 cm³/mol.